The van der Waals surface area contributed by atoms with Crippen molar-refractivity contribution in [3.63, 3.8) is 0 Å². The number of nitrogens with zero attached hydrogens (tertiary/aromatic N) is 3. The van der Waals surface area contributed by atoms with Gasteiger partial charge in [0.05, 0.1) is 30.1 Å². The summed E-state index contributed by atoms with van der Waals surface area (Å²) in [5, 5.41) is 10.6. The zero-order chi connectivity index (χ0) is 30.4. The van der Waals surface area contributed by atoms with Crippen LogP contribution in [0.15, 0.2) is 85.0 Å². The Kier molecular flexibility index (Phi) is 7.77. The van der Waals surface area contributed by atoms with Crippen molar-refractivity contribution in [2.75, 3.05) is 19.7 Å². The van der Waals surface area contributed by atoms with Gasteiger partial charge in [-0.05, 0) is 30.4 Å². The monoisotopic (exact) mass is 583 g/mol. The lowest BCUT2D eigenvalue weighted by Crippen LogP contribution is -2.58. The van der Waals surface area contributed by atoms with Crippen LogP contribution in [0.1, 0.15) is 38.3 Å². The summed E-state index contributed by atoms with van der Waals surface area (Å²) in [6.07, 6.45) is 8.15. The quantitative estimate of drug-likeness (QED) is 0.480. The maximum absolute atomic E-state index is 14.7. The summed E-state index contributed by atoms with van der Waals surface area (Å²) in [6.45, 7) is 7.18. The van der Waals surface area contributed by atoms with Gasteiger partial charge in [0.25, 0.3) is 0 Å². The molecular weight excluding hydrogens is 542 g/mol. The molecule has 0 aromatic heterocycles. The number of rotatable bonds is 8. The molecule has 2 fully saturated rings. The maximum atomic E-state index is 14.7. The summed E-state index contributed by atoms with van der Waals surface area (Å²) < 4.78 is 6.95. The largest absolute Gasteiger partial charge is 0.394 e. The highest BCUT2D eigenvalue weighted by Crippen LogP contribution is 2.58. The van der Waals surface area contributed by atoms with Crippen molar-refractivity contribution in [1.82, 2.24) is 14.7 Å². The molecule has 226 valence electrons. The van der Waals surface area contributed by atoms with Gasteiger partial charge in [-0.1, -0.05) is 98.8 Å². The van der Waals surface area contributed by atoms with Crippen LogP contribution >= 0.6 is 0 Å². The minimum atomic E-state index is -1.35. The van der Waals surface area contributed by atoms with E-state index in [1.807, 2.05) is 106 Å². The topological polar surface area (TPSA) is 90.4 Å². The molecule has 2 aromatic carbocycles. The molecule has 2 aromatic rings. The van der Waals surface area contributed by atoms with E-state index in [1.165, 1.54) is 0 Å². The Morgan fingerprint density at radius 3 is 1.93 bits per heavy atom. The van der Waals surface area contributed by atoms with Crippen molar-refractivity contribution in [3.05, 3.63) is 96.1 Å². The highest BCUT2D eigenvalue weighted by Gasteiger charge is 2.75. The predicted molar refractivity (Wildman–Crippen MR) is 162 cm³/mol. The zero-order valence-electron chi connectivity index (χ0n) is 25.1. The number of hydrogen-bond donors (Lipinski definition) is 1. The highest BCUT2D eigenvalue weighted by molar-refractivity contribution is 6.00. The Hall–Kier alpha value is -3.75. The molecule has 1 unspecified atom stereocenters. The summed E-state index contributed by atoms with van der Waals surface area (Å²) in [5.41, 5.74) is -0.456. The standard InChI is InChI=1S/C35H41N3O5/c1-24(2)20-27(23-39)38-30-33(42)37(22-26-14-8-5-9-15-26)19-11-17-35(30)29(32(38)41)28-31(40)36(18-10-16-34(28,3)43-35)21-25-12-6-4-7-13-25/h4-17,24,27-30,39H,18-23H2,1-3H3/t27-,28-,29+,30?,34+,35+/m1/s1. The first-order valence-corrected chi connectivity index (χ1v) is 15.3. The number of aliphatic hydroxyl groups excluding tert-OH is 1. The third-order valence-electron chi connectivity index (χ3n) is 9.44. The van der Waals surface area contributed by atoms with E-state index in [1.54, 1.807) is 14.7 Å². The van der Waals surface area contributed by atoms with E-state index in [0.717, 1.165) is 11.1 Å². The Morgan fingerprint density at radius 2 is 1.37 bits per heavy atom. The van der Waals surface area contributed by atoms with E-state index in [0.29, 0.717) is 32.6 Å². The Bertz CT molecular complexity index is 1430. The Balaban J connectivity index is 1.43. The second-order valence-corrected chi connectivity index (χ2v) is 12.9. The Morgan fingerprint density at radius 1 is 0.814 bits per heavy atom. The third kappa shape index (κ3) is 5.00. The first-order valence-electron chi connectivity index (χ1n) is 15.3. The van der Waals surface area contributed by atoms with Crippen LogP contribution in [-0.2, 0) is 32.2 Å². The van der Waals surface area contributed by atoms with Crippen molar-refractivity contribution in [1.29, 1.82) is 0 Å². The molecule has 8 nitrogen and oxygen atoms in total. The van der Waals surface area contributed by atoms with Crippen LogP contribution in [-0.4, -0.2) is 80.5 Å². The average Bonchev–Trinajstić information content (AvgIpc) is 3.28. The molecule has 6 rings (SSSR count). The van der Waals surface area contributed by atoms with Gasteiger partial charge in [-0.25, -0.2) is 0 Å². The molecule has 1 spiro atoms. The van der Waals surface area contributed by atoms with Gasteiger partial charge in [0.1, 0.15) is 11.6 Å². The van der Waals surface area contributed by atoms with Gasteiger partial charge in [0.2, 0.25) is 17.7 Å². The molecule has 6 atom stereocenters. The summed E-state index contributed by atoms with van der Waals surface area (Å²) in [4.78, 5) is 48.9. The van der Waals surface area contributed by atoms with E-state index in [9.17, 15) is 19.5 Å². The van der Waals surface area contributed by atoms with Gasteiger partial charge in [0.15, 0.2) is 0 Å². The van der Waals surface area contributed by atoms with Crippen molar-refractivity contribution < 1.29 is 24.2 Å². The lowest BCUT2D eigenvalue weighted by Gasteiger charge is -2.40. The fourth-order valence-corrected chi connectivity index (χ4v) is 7.66. The summed E-state index contributed by atoms with van der Waals surface area (Å²) >= 11 is 0. The molecule has 8 heteroatoms. The van der Waals surface area contributed by atoms with Crippen molar-refractivity contribution in [2.24, 2.45) is 17.8 Å². The first kappa shape index (κ1) is 29.3. The number of aliphatic hydroxyl groups is 1. The number of carbonyl (C=O) groups excluding carboxylic acids is 3. The average molecular weight is 584 g/mol. The molecule has 0 aliphatic carbocycles. The molecular formula is C35H41N3O5. The van der Waals surface area contributed by atoms with E-state index >= 15 is 0 Å². The number of hydrogen-bond acceptors (Lipinski definition) is 5. The molecule has 3 amide bonds. The lowest BCUT2D eigenvalue weighted by atomic mass is 9.74. The van der Waals surface area contributed by atoms with Crippen LogP contribution in [0.5, 0.6) is 0 Å². The summed E-state index contributed by atoms with van der Waals surface area (Å²) in [5.74, 6) is -2.26. The number of benzene rings is 2. The van der Waals surface area contributed by atoms with Gasteiger partial charge in [-0.15, -0.1) is 0 Å². The van der Waals surface area contributed by atoms with Crippen LogP contribution in [0.4, 0.5) is 0 Å². The number of carbonyl (C=O) groups is 3. The van der Waals surface area contributed by atoms with Crippen LogP contribution in [0.3, 0.4) is 0 Å². The maximum Gasteiger partial charge on any atom is 0.249 e. The molecule has 0 radical (unpaired) electrons. The first-order chi connectivity index (χ1) is 20.7. The van der Waals surface area contributed by atoms with Gasteiger partial charge in [0, 0.05) is 26.2 Å². The second kappa shape index (κ2) is 11.4. The zero-order valence-corrected chi connectivity index (χ0v) is 25.1. The molecule has 0 bridgehead atoms. The number of amides is 3. The SMILES string of the molecule is CC(C)C[C@H](CO)N1C(=O)[C@@H]2[C@@H]3C(=O)N(Cc4ccccc4)CC=C[C@]3(C)O[C@@]23C=CCN(Cc2ccccc2)C(=O)C13. The highest BCUT2D eigenvalue weighted by atomic mass is 16.5. The number of ether oxygens (including phenoxy) is 1. The normalized spacial score (nSPS) is 30.8. The van der Waals surface area contributed by atoms with Crippen LogP contribution < -0.4 is 0 Å². The van der Waals surface area contributed by atoms with Gasteiger partial charge in [-0.3, -0.25) is 14.4 Å². The molecule has 43 heavy (non-hydrogen) atoms. The smallest absolute Gasteiger partial charge is 0.249 e. The molecule has 4 aliphatic heterocycles. The van der Waals surface area contributed by atoms with E-state index in [4.69, 9.17) is 4.74 Å². The van der Waals surface area contributed by atoms with Crippen LogP contribution in [0, 0.1) is 17.8 Å². The molecule has 4 heterocycles. The molecule has 1 N–H and O–H groups in total. The second-order valence-electron chi connectivity index (χ2n) is 12.9. The molecule has 4 aliphatic rings. The van der Waals surface area contributed by atoms with Crippen LogP contribution in [0.2, 0.25) is 0 Å². The fourth-order valence-electron chi connectivity index (χ4n) is 7.66. The van der Waals surface area contributed by atoms with E-state index in [-0.39, 0.29) is 30.2 Å². The van der Waals surface area contributed by atoms with Gasteiger partial charge in [-0.2, -0.15) is 0 Å². The van der Waals surface area contributed by atoms with E-state index in [2.05, 4.69) is 0 Å². The van der Waals surface area contributed by atoms with Crippen molar-refractivity contribution in [2.45, 2.75) is 63.6 Å². The van der Waals surface area contributed by atoms with Gasteiger partial charge >= 0.3 is 0 Å². The summed E-state index contributed by atoms with van der Waals surface area (Å²) in [6, 6.07) is 18.0. The predicted octanol–water partition coefficient (Wildman–Crippen LogP) is 3.56. The number of likely N-dealkylation sites (tertiary alicyclic amines) is 1. The fraction of sp³-hybridized carbons (Fsp3) is 0.457. The van der Waals surface area contributed by atoms with Gasteiger partial charge < -0.3 is 24.5 Å². The Labute approximate surface area is 253 Å². The number of fused-ring (bicyclic) bond motifs is 2. The van der Waals surface area contributed by atoms with Crippen molar-refractivity contribution >= 4 is 17.7 Å². The minimum absolute atomic E-state index is 0.164. The molecule has 2 saturated heterocycles. The molecule has 0 saturated carbocycles. The third-order valence-corrected chi connectivity index (χ3v) is 9.44. The lowest BCUT2D eigenvalue weighted by molar-refractivity contribution is -0.156. The summed E-state index contributed by atoms with van der Waals surface area (Å²) in [7, 11) is 0. The van der Waals surface area contributed by atoms with Crippen molar-refractivity contribution in [3.8, 4) is 0 Å². The minimum Gasteiger partial charge on any atom is -0.394 e. The van der Waals surface area contributed by atoms with E-state index < -0.39 is 35.1 Å². The van der Waals surface area contributed by atoms with Crippen LogP contribution in [0.25, 0.3) is 0 Å².